The van der Waals surface area contributed by atoms with E-state index in [1.54, 1.807) is 50.4 Å². The molecule has 3 rings (SSSR count). The van der Waals surface area contributed by atoms with Gasteiger partial charge >= 0.3 is 12.4 Å². The summed E-state index contributed by atoms with van der Waals surface area (Å²) in [6.45, 7) is 4.17. The van der Waals surface area contributed by atoms with E-state index in [2.05, 4.69) is 0 Å². The Kier molecular flexibility index (Phi) is 7.89. The molecular weight excluding hydrogens is 494 g/mol. The number of nitrogens with zero attached hydrogens (tertiary/aromatic N) is 2. The fraction of sp³-hybridized carbons (Fsp3) is 0.320. The van der Waals surface area contributed by atoms with E-state index in [1.807, 2.05) is 10.6 Å². The number of alkyl halides is 6. The number of amides is 1. The summed E-state index contributed by atoms with van der Waals surface area (Å²) in [5.41, 5.74) is -2.15. The zero-order chi connectivity index (χ0) is 26.0. The fourth-order valence-electron chi connectivity index (χ4n) is 3.70. The molecule has 0 saturated carbocycles. The van der Waals surface area contributed by atoms with Gasteiger partial charge in [0.2, 0.25) is 0 Å². The molecule has 188 valence electrons. The van der Waals surface area contributed by atoms with Crippen molar-refractivity contribution in [2.24, 2.45) is 5.92 Å². The van der Waals surface area contributed by atoms with Crippen LogP contribution < -0.4 is 0 Å². The Morgan fingerprint density at radius 3 is 2.11 bits per heavy atom. The Labute approximate surface area is 203 Å². The lowest BCUT2D eigenvalue weighted by Crippen LogP contribution is -2.35. The second-order valence-corrected chi connectivity index (χ2v) is 9.07. The van der Waals surface area contributed by atoms with Gasteiger partial charge in [-0.25, -0.2) is 0 Å². The van der Waals surface area contributed by atoms with Crippen LogP contribution >= 0.6 is 11.6 Å². The molecular formula is C25H23ClF6N2O. The highest BCUT2D eigenvalue weighted by Crippen LogP contribution is 2.36. The van der Waals surface area contributed by atoms with Crippen LogP contribution in [0.5, 0.6) is 0 Å². The van der Waals surface area contributed by atoms with Crippen LogP contribution in [-0.4, -0.2) is 21.9 Å². The van der Waals surface area contributed by atoms with Gasteiger partial charge in [0.25, 0.3) is 5.91 Å². The number of hydrogen-bond acceptors (Lipinski definition) is 1. The quantitative estimate of drug-likeness (QED) is 0.298. The maximum atomic E-state index is 13.3. The number of hydrogen-bond donors (Lipinski definition) is 0. The molecule has 1 amide bonds. The largest absolute Gasteiger partial charge is 0.416 e. The van der Waals surface area contributed by atoms with Crippen LogP contribution in [0.1, 0.15) is 46.6 Å². The SMILES string of the molecule is CC(C)CN(Cc1cccn1Cc1cccc(Cl)c1)C(=O)c1cc(C(F)(F)F)cc(C(F)(F)F)c1. The molecule has 3 nitrogen and oxygen atoms in total. The van der Waals surface area contributed by atoms with E-state index in [4.69, 9.17) is 11.6 Å². The van der Waals surface area contributed by atoms with Gasteiger partial charge in [-0.3, -0.25) is 4.79 Å². The summed E-state index contributed by atoms with van der Waals surface area (Å²) in [4.78, 5) is 14.5. The van der Waals surface area contributed by atoms with E-state index in [-0.39, 0.29) is 25.1 Å². The Morgan fingerprint density at radius 1 is 0.943 bits per heavy atom. The number of rotatable bonds is 7. The minimum Gasteiger partial charge on any atom is -0.345 e. The van der Waals surface area contributed by atoms with Crippen LogP contribution in [0.3, 0.4) is 0 Å². The average Bonchev–Trinajstić information content (AvgIpc) is 3.17. The summed E-state index contributed by atoms with van der Waals surface area (Å²) >= 11 is 6.04. The third-order valence-corrected chi connectivity index (χ3v) is 5.46. The maximum Gasteiger partial charge on any atom is 0.416 e. The van der Waals surface area contributed by atoms with Crippen LogP contribution in [0.2, 0.25) is 5.02 Å². The first kappa shape index (κ1) is 26.7. The lowest BCUT2D eigenvalue weighted by atomic mass is 10.0. The highest BCUT2D eigenvalue weighted by atomic mass is 35.5. The van der Waals surface area contributed by atoms with Gasteiger partial charge in [0.1, 0.15) is 0 Å². The molecule has 0 fully saturated rings. The molecule has 3 aromatic rings. The van der Waals surface area contributed by atoms with Gasteiger partial charge < -0.3 is 9.47 Å². The summed E-state index contributed by atoms with van der Waals surface area (Å²) in [5.74, 6) is -0.992. The molecule has 1 aromatic heterocycles. The topological polar surface area (TPSA) is 25.2 Å². The van der Waals surface area contributed by atoms with Crippen LogP contribution in [-0.2, 0) is 25.4 Å². The van der Waals surface area contributed by atoms with Crippen molar-refractivity contribution < 1.29 is 31.1 Å². The molecule has 35 heavy (non-hydrogen) atoms. The summed E-state index contributed by atoms with van der Waals surface area (Å²) in [6, 6.07) is 11.6. The third kappa shape index (κ3) is 7.04. The van der Waals surface area contributed by atoms with Crippen LogP contribution in [0, 0.1) is 5.92 Å². The maximum absolute atomic E-state index is 13.3. The predicted octanol–water partition coefficient (Wildman–Crippen LogP) is 7.53. The molecule has 0 aliphatic rings. The summed E-state index contributed by atoms with van der Waals surface area (Å²) < 4.78 is 81.6. The molecule has 0 aliphatic carbocycles. The minimum atomic E-state index is -5.04. The number of carbonyl (C=O) groups is 1. The lowest BCUT2D eigenvalue weighted by Gasteiger charge is -2.26. The fourth-order valence-corrected chi connectivity index (χ4v) is 3.91. The summed E-state index contributed by atoms with van der Waals surface area (Å²) in [7, 11) is 0. The molecule has 0 unspecified atom stereocenters. The van der Waals surface area contributed by atoms with E-state index in [0.29, 0.717) is 29.4 Å². The summed E-state index contributed by atoms with van der Waals surface area (Å²) in [5, 5.41) is 0.554. The molecule has 0 saturated heterocycles. The smallest absolute Gasteiger partial charge is 0.345 e. The Bertz CT molecular complexity index is 1150. The molecule has 0 bridgehead atoms. The predicted molar refractivity (Wildman–Crippen MR) is 121 cm³/mol. The van der Waals surface area contributed by atoms with Crippen molar-refractivity contribution in [1.29, 1.82) is 0 Å². The van der Waals surface area contributed by atoms with E-state index in [9.17, 15) is 31.1 Å². The van der Waals surface area contributed by atoms with Gasteiger partial charge in [0, 0.05) is 35.6 Å². The molecule has 0 N–H and O–H groups in total. The second kappa shape index (κ2) is 10.4. The number of halogens is 7. The first-order valence-corrected chi connectivity index (χ1v) is 11.1. The first-order valence-electron chi connectivity index (χ1n) is 10.7. The third-order valence-electron chi connectivity index (χ3n) is 5.23. The van der Waals surface area contributed by atoms with Crippen molar-refractivity contribution in [3.8, 4) is 0 Å². The minimum absolute atomic E-state index is 0.00216. The van der Waals surface area contributed by atoms with Crippen molar-refractivity contribution in [2.45, 2.75) is 39.3 Å². The molecule has 2 aromatic carbocycles. The Hall–Kier alpha value is -2.94. The van der Waals surface area contributed by atoms with Gasteiger partial charge in [-0.2, -0.15) is 26.3 Å². The molecule has 0 radical (unpaired) electrons. The highest BCUT2D eigenvalue weighted by molar-refractivity contribution is 6.30. The van der Waals surface area contributed by atoms with Crippen LogP contribution in [0.4, 0.5) is 26.3 Å². The second-order valence-electron chi connectivity index (χ2n) is 8.63. The van der Waals surface area contributed by atoms with Gasteiger partial charge in [-0.15, -0.1) is 0 Å². The zero-order valence-electron chi connectivity index (χ0n) is 18.9. The Balaban J connectivity index is 1.95. The molecule has 1 heterocycles. The molecule has 0 spiro atoms. The van der Waals surface area contributed by atoms with Crippen LogP contribution in [0.15, 0.2) is 60.8 Å². The van der Waals surface area contributed by atoms with Crippen molar-refractivity contribution in [2.75, 3.05) is 6.54 Å². The highest BCUT2D eigenvalue weighted by Gasteiger charge is 2.38. The number of carbonyl (C=O) groups excluding carboxylic acids is 1. The average molecular weight is 517 g/mol. The van der Waals surface area contributed by atoms with Crippen molar-refractivity contribution in [3.05, 3.63) is 93.8 Å². The summed E-state index contributed by atoms with van der Waals surface area (Å²) in [6.07, 6.45) is -8.30. The first-order chi connectivity index (χ1) is 16.2. The monoisotopic (exact) mass is 516 g/mol. The normalized spacial score (nSPS) is 12.3. The standard InChI is InChI=1S/C25H23ClF6N2O/c1-16(2)13-34(15-22-7-4-8-33(22)14-17-5-3-6-21(26)9-17)23(35)18-10-19(24(27,28)29)12-20(11-18)25(30,31)32/h3-12,16H,13-15H2,1-2H3. The van der Waals surface area contributed by atoms with Gasteiger partial charge in [-0.1, -0.05) is 37.6 Å². The van der Waals surface area contributed by atoms with E-state index < -0.39 is 35.0 Å². The molecule has 0 aliphatic heterocycles. The number of benzene rings is 2. The van der Waals surface area contributed by atoms with E-state index >= 15 is 0 Å². The van der Waals surface area contributed by atoms with Crippen molar-refractivity contribution in [3.63, 3.8) is 0 Å². The van der Waals surface area contributed by atoms with E-state index in [1.165, 1.54) is 4.90 Å². The van der Waals surface area contributed by atoms with Crippen molar-refractivity contribution >= 4 is 17.5 Å². The van der Waals surface area contributed by atoms with Gasteiger partial charge in [-0.05, 0) is 53.9 Å². The van der Waals surface area contributed by atoms with E-state index in [0.717, 1.165) is 5.56 Å². The van der Waals surface area contributed by atoms with Gasteiger partial charge in [0.15, 0.2) is 0 Å². The van der Waals surface area contributed by atoms with Crippen molar-refractivity contribution in [1.82, 2.24) is 9.47 Å². The molecule has 10 heteroatoms. The lowest BCUT2D eigenvalue weighted by molar-refractivity contribution is -0.143. The molecule has 0 atom stereocenters. The van der Waals surface area contributed by atoms with Gasteiger partial charge in [0.05, 0.1) is 17.7 Å². The zero-order valence-corrected chi connectivity index (χ0v) is 19.7. The Morgan fingerprint density at radius 2 is 1.57 bits per heavy atom. The number of aromatic nitrogens is 1. The van der Waals surface area contributed by atoms with Crippen LogP contribution in [0.25, 0.3) is 0 Å².